The average Bonchev–Trinajstić information content (AvgIpc) is 2.78. The molecule has 0 aromatic carbocycles. The first-order valence-corrected chi connectivity index (χ1v) is 6.39. The number of aryl methyl sites for hydroxylation is 2. The van der Waals surface area contributed by atoms with Gasteiger partial charge in [-0.3, -0.25) is 4.98 Å². The number of furan rings is 1. The highest BCUT2D eigenvalue weighted by molar-refractivity contribution is 5.23. The van der Waals surface area contributed by atoms with E-state index >= 15 is 0 Å². The van der Waals surface area contributed by atoms with Crippen molar-refractivity contribution in [3.63, 3.8) is 0 Å². The number of hydrogen-bond donors (Lipinski definition) is 1. The normalized spacial score (nSPS) is 12.6. The van der Waals surface area contributed by atoms with Crippen molar-refractivity contribution in [3.8, 4) is 0 Å². The SMILES string of the molecule is CCNC(Cc1ccc(C)cn1)c1ccoc1C. The number of likely N-dealkylation sites (N-methyl/N-ethyl adjacent to an activating group) is 1. The largest absolute Gasteiger partial charge is 0.469 e. The monoisotopic (exact) mass is 244 g/mol. The minimum absolute atomic E-state index is 0.268. The Balaban J connectivity index is 2.16. The van der Waals surface area contributed by atoms with Gasteiger partial charge in [0, 0.05) is 29.9 Å². The summed E-state index contributed by atoms with van der Waals surface area (Å²) < 4.78 is 5.39. The van der Waals surface area contributed by atoms with E-state index in [1.165, 1.54) is 11.1 Å². The Morgan fingerprint density at radius 1 is 1.28 bits per heavy atom. The Hall–Kier alpha value is -1.61. The molecule has 2 aromatic heterocycles. The van der Waals surface area contributed by atoms with Crippen LogP contribution in [0.15, 0.2) is 35.1 Å². The van der Waals surface area contributed by atoms with E-state index in [-0.39, 0.29) is 6.04 Å². The Kier molecular flexibility index (Phi) is 4.15. The van der Waals surface area contributed by atoms with Gasteiger partial charge in [-0.1, -0.05) is 13.0 Å². The van der Waals surface area contributed by atoms with Crippen LogP contribution >= 0.6 is 0 Å². The molecule has 0 aliphatic rings. The zero-order chi connectivity index (χ0) is 13.0. The minimum Gasteiger partial charge on any atom is -0.469 e. The second-order valence-corrected chi connectivity index (χ2v) is 4.57. The van der Waals surface area contributed by atoms with Crippen LogP contribution in [0, 0.1) is 13.8 Å². The molecule has 18 heavy (non-hydrogen) atoms. The molecule has 0 spiro atoms. The van der Waals surface area contributed by atoms with Gasteiger partial charge in [0.05, 0.1) is 6.26 Å². The molecule has 2 aromatic rings. The third-order valence-corrected chi connectivity index (χ3v) is 3.11. The number of aromatic nitrogens is 1. The Labute approximate surface area is 108 Å². The summed E-state index contributed by atoms with van der Waals surface area (Å²) in [5, 5.41) is 3.49. The highest BCUT2D eigenvalue weighted by Crippen LogP contribution is 2.22. The molecule has 1 N–H and O–H groups in total. The first-order chi connectivity index (χ1) is 8.70. The van der Waals surface area contributed by atoms with E-state index in [1.54, 1.807) is 6.26 Å². The van der Waals surface area contributed by atoms with Gasteiger partial charge in [-0.2, -0.15) is 0 Å². The van der Waals surface area contributed by atoms with Crippen molar-refractivity contribution in [2.45, 2.75) is 33.2 Å². The van der Waals surface area contributed by atoms with Crippen molar-refractivity contribution in [1.29, 1.82) is 0 Å². The molecule has 2 rings (SSSR count). The maximum absolute atomic E-state index is 5.39. The van der Waals surface area contributed by atoms with Gasteiger partial charge < -0.3 is 9.73 Å². The first kappa shape index (κ1) is 12.8. The Bertz CT molecular complexity index is 487. The molecule has 0 radical (unpaired) electrons. The molecular weight excluding hydrogens is 224 g/mol. The van der Waals surface area contributed by atoms with Gasteiger partial charge in [0.25, 0.3) is 0 Å². The molecule has 96 valence electrons. The lowest BCUT2D eigenvalue weighted by molar-refractivity contribution is 0.499. The lowest BCUT2D eigenvalue weighted by Gasteiger charge is -2.17. The molecule has 0 saturated heterocycles. The van der Waals surface area contributed by atoms with E-state index in [4.69, 9.17) is 4.42 Å². The molecule has 0 fully saturated rings. The summed E-state index contributed by atoms with van der Waals surface area (Å²) in [4.78, 5) is 4.47. The minimum atomic E-state index is 0.268. The van der Waals surface area contributed by atoms with Gasteiger partial charge in [-0.05, 0) is 38.1 Å². The van der Waals surface area contributed by atoms with E-state index in [0.717, 1.165) is 24.4 Å². The van der Waals surface area contributed by atoms with Crippen molar-refractivity contribution in [2.24, 2.45) is 0 Å². The van der Waals surface area contributed by atoms with Crippen LogP contribution in [-0.4, -0.2) is 11.5 Å². The summed E-state index contributed by atoms with van der Waals surface area (Å²) in [5.41, 5.74) is 3.52. The fourth-order valence-electron chi connectivity index (χ4n) is 2.12. The zero-order valence-corrected chi connectivity index (χ0v) is 11.2. The smallest absolute Gasteiger partial charge is 0.105 e. The lowest BCUT2D eigenvalue weighted by Crippen LogP contribution is -2.23. The van der Waals surface area contributed by atoms with Gasteiger partial charge in [-0.15, -0.1) is 0 Å². The average molecular weight is 244 g/mol. The third-order valence-electron chi connectivity index (χ3n) is 3.11. The van der Waals surface area contributed by atoms with Crippen LogP contribution in [0.25, 0.3) is 0 Å². The standard InChI is InChI=1S/C15H20N2O/c1-4-16-15(14-7-8-18-12(14)3)9-13-6-5-11(2)10-17-13/h5-8,10,15-16H,4,9H2,1-3H3. The summed E-state index contributed by atoms with van der Waals surface area (Å²) in [6.45, 7) is 7.10. The number of nitrogens with zero attached hydrogens (tertiary/aromatic N) is 1. The van der Waals surface area contributed by atoms with Gasteiger partial charge in [0.1, 0.15) is 5.76 Å². The van der Waals surface area contributed by atoms with Gasteiger partial charge >= 0.3 is 0 Å². The second-order valence-electron chi connectivity index (χ2n) is 4.57. The predicted molar refractivity (Wildman–Crippen MR) is 72.5 cm³/mol. The molecule has 1 unspecified atom stereocenters. The van der Waals surface area contributed by atoms with E-state index < -0.39 is 0 Å². The molecule has 0 aliphatic heterocycles. The van der Waals surface area contributed by atoms with Crippen LogP contribution < -0.4 is 5.32 Å². The second kappa shape index (κ2) is 5.83. The lowest BCUT2D eigenvalue weighted by atomic mass is 10.0. The van der Waals surface area contributed by atoms with Crippen molar-refractivity contribution in [2.75, 3.05) is 6.54 Å². The molecular formula is C15H20N2O. The molecule has 0 saturated carbocycles. The topological polar surface area (TPSA) is 38.1 Å². The van der Waals surface area contributed by atoms with Crippen molar-refractivity contribution >= 4 is 0 Å². The predicted octanol–water partition coefficient (Wildman–Crippen LogP) is 3.18. The maximum atomic E-state index is 5.39. The van der Waals surface area contributed by atoms with Crippen LogP contribution in [0.4, 0.5) is 0 Å². The van der Waals surface area contributed by atoms with Crippen LogP contribution in [0.1, 0.15) is 35.5 Å². The first-order valence-electron chi connectivity index (χ1n) is 6.39. The van der Waals surface area contributed by atoms with Gasteiger partial charge in [0.15, 0.2) is 0 Å². The van der Waals surface area contributed by atoms with Crippen LogP contribution in [-0.2, 0) is 6.42 Å². The summed E-state index contributed by atoms with van der Waals surface area (Å²) in [6.07, 6.45) is 4.55. The summed E-state index contributed by atoms with van der Waals surface area (Å²) in [6, 6.07) is 6.50. The highest BCUT2D eigenvalue weighted by Gasteiger charge is 2.15. The Morgan fingerprint density at radius 2 is 2.11 bits per heavy atom. The summed E-state index contributed by atoms with van der Waals surface area (Å²) in [7, 11) is 0. The molecule has 2 heterocycles. The Morgan fingerprint density at radius 3 is 2.67 bits per heavy atom. The van der Waals surface area contributed by atoms with Crippen molar-refractivity contribution in [1.82, 2.24) is 10.3 Å². The number of pyridine rings is 1. The fraction of sp³-hybridized carbons (Fsp3) is 0.400. The van der Waals surface area contributed by atoms with E-state index in [2.05, 4.69) is 36.3 Å². The molecule has 0 bridgehead atoms. The summed E-state index contributed by atoms with van der Waals surface area (Å²) in [5.74, 6) is 0.980. The molecule has 0 amide bonds. The van der Waals surface area contributed by atoms with E-state index in [9.17, 15) is 0 Å². The molecule has 0 aliphatic carbocycles. The highest BCUT2D eigenvalue weighted by atomic mass is 16.3. The van der Waals surface area contributed by atoms with Gasteiger partial charge in [0.2, 0.25) is 0 Å². The molecule has 3 heteroatoms. The maximum Gasteiger partial charge on any atom is 0.105 e. The quantitative estimate of drug-likeness (QED) is 0.877. The van der Waals surface area contributed by atoms with Gasteiger partial charge in [-0.25, -0.2) is 0 Å². The fourth-order valence-corrected chi connectivity index (χ4v) is 2.12. The number of rotatable bonds is 5. The van der Waals surface area contributed by atoms with E-state index in [1.807, 2.05) is 19.2 Å². The van der Waals surface area contributed by atoms with Crippen LogP contribution in [0.3, 0.4) is 0 Å². The number of hydrogen-bond acceptors (Lipinski definition) is 3. The zero-order valence-electron chi connectivity index (χ0n) is 11.2. The van der Waals surface area contributed by atoms with E-state index in [0.29, 0.717) is 0 Å². The van der Waals surface area contributed by atoms with Crippen molar-refractivity contribution in [3.05, 3.63) is 53.2 Å². The number of nitrogens with one attached hydrogen (secondary N) is 1. The molecule has 3 nitrogen and oxygen atoms in total. The van der Waals surface area contributed by atoms with Crippen LogP contribution in [0.5, 0.6) is 0 Å². The summed E-state index contributed by atoms with van der Waals surface area (Å²) >= 11 is 0. The third kappa shape index (κ3) is 2.99. The van der Waals surface area contributed by atoms with Crippen molar-refractivity contribution < 1.29 is 4.42 Å². The van der Waals surface area contributed by atoms with Crippen LogP contribution in [0.2, 0.25) is 0 Å². The molecule has 1 atom stereocenters.